The molecule has 2 aromatic carbocycles. The van der Waals surface area contributed by atoms with E-state index in [1.807, 2.05) is 37.3 Å². The summed E-state index contributed by atoms with van der Waals surface area (Å²) < 4.78 is 0. The van der Waals surface area contributed by atoms with Gasteiger partial charge in [-0.25, -0.2) is 0 Å². The van der Waals surface area contributed by atoms with Crippen LogP contribution in [0, 0.1) is 12.8 Å². The van der Waals surface area contributed by atoms with Gasteiger partial charge in [0.1, 0.15) is 0 Å². The number of rotatable bonds is 4. The highest BCUT2D eigenvalue weighted by Gasteiger charge is 2.36. The largest absolute Gasteiger partial charge is 0.326 e. The zero-order valence-electron chi connectivity index (χ0n) is 15.3. The fourth-order valence-electron chi connectivity index (χ4n) is 3.34. The van der Waals surface area contributed by atoms with Crippen molar-refractivity contribution in [2.24, 2.45) is 5.92 Å². The van der Waals surface area contributed by atoms with Gasteiger partial charge in [0.05, 0.1) is 5.92 Å². The van der Waals surface area contributed by atoms with Crippen molar-refractivity contribution >= 4 is 34.8 Å². The molecule has 1 saturated heterocycles. The zero-order chi connectivity index (χ0) is 18.8. The Morgan fingerprint density at radius 3 is 2.65 bits per heavy atom. The number of nitrogens with zero attached hydrogens (tertiary/aromatic N) is 1. The van der Waals surface area contributed by atoms with Crippen molar-refractivity contribution in [1.82, 2.24) is 0 Å². The number of carbonyl (C=O) groups excluding carboxylic acids is 2. The molecule has 1 atom stereocenters. The summed E-state index contributed by atoms with van der Waals surface area (Å²) in [5.74, 6) is -0.194. The maximum atomic E-state index is 12.7. The van der Waals surface area contributed by atoms with Gasteiger partial charge in [-0.05, 0) is 48.2 Å². The lowest BCUT2D eigenvalue weighted by atomic mass is 10.0. The molecule has 1 N–H and O–H groups in total. The molecule has 1 fully saturated rings. The smallest absolute Gasteiger partial charge is 0.229 e. The predicted octanol–water partition coefficient (Wildman–Crippen LogP) is 4.76. The Morgan fingerprint density at radius 1 is 1.23 bits per heavy atom. The zero-order valence-corrected chi connectivity index (χ0v) is 16.0. The maximum Gasteiger partial charge on any atom is 0.229 e. The summed E-state index contributed by atoms with van der Waals surface area (Å²) in [5.41, 5.74) is 3.66. The van der Waals surface area contributed by atoms with Crippen molar-refractivity contribution in [3.8, 4) is 0 Å². The number of hydrogen-bond acceptors (Lipinski definition) is 2. The van der Waals surface area contributed by atoms with E-state index in [0.29, 0.717) is 17.5 Å². The van der Waals surface area contributed by atoms with E-state index in [1.165, 1.54) is 0 Å². The highest BCUT2D eigenvalue weighted by Crippen LogP contribution is 2.32. The van der Waals surface area contributed by atoms with Gasteiger partial charge < -0.3 is 10.2 Å². The van der Waals surface area contributed by atoms with E-state index in [2.05, 4.69) is 19.2 Å². The van der Waals surface area contributed by atoms with Crippen molar-refractivity contribution in [2.75, 3.05) is 16.8 Å². The third-order valence-electron chi connectivity index (χ3n) is 4.79. The number of amides is 2. The van der Waals surface area contributed by atoms with Crippen LogP contribution in [0.25, 0.3) is 0 Å². The number of aryl methyl sites for hydroxylation is 1. The number of para-hydroxylation sites is 1. The van der Waals surface area contributed by atoms with E-state index >= 15 is 0 Å². The van der Waals surface area contributed by atoms with Gasteiger partial charge in [-0.2, -0.15) is 0 Å². The summed E-state index contributed by atoms with van der Waals surface area (Å²) in [6, 6.07) is 13.2. The normalized spacial score (nSPS) is 17.0. The summed E-state index contributed by atoms with van der Waals surface area (Å²) in [6.45, 7) is 6.51. The highest BCUT2D eigenvalue weighted by molar-refractivity contribution is 6.30. The SMILES string of the molecule is Cc1cc(Cl)ccc1NC(=O)C1CC(=O)N(c2ccccc2C(C)C)C1. The minimum absolute atomic E-state index is 0.00826. The molecule has 5 heteroatoms. The second-order valence-electron chi connectivity index (χ2n) is 7.07. The summed E-state index contributed by atoms with van der Waals surface area (Å²) in [4.78, 5) is 27.0. The van der Waals surface area contributed by atoms with Crippen molar-refractivity contribution in [3.05, 3.63) is 58.6 Å². The molecular formula is C21H23ClN2O2. The van der Waals surface area contributed by atoms with E-state index < -0.39 is 0 Å². The third kappa shape index (κ3) is 3.75. The quantitative estimate of drug-likeness (QED) is 0.843. The Hall–Kier alpha value is -2.33. The van der Waals surface area contributed by atoms with E-state index in [-0.39, 0.29) is 24.2 Å². The highest BCUT2D eigenvalue weighted by atomic mass is 35.5. The molecule has 0 radical (unpaired) electrons. The molecule has 4 nitrogen and oxygen atoms in total. The first-order valence-corrected chi connectivity index (χ1v) is 9.21. The van der Waals surface area contributed by atoms with Crippen LogP contribution in [0.2, 0.25) is 5.02 Å². The molecule has 2 amide bonds. The van der Waals surface area contributed by atoms with Crippen molar-refractivity contribution in [1.29, 1.82) is 0 Å². The third-order valence-corrected chi connectivity index (χ3v) is 5.03. The molecule has 0 aromatic heterocycles. The van der Waals surface area contributed by atoms with Gasteiger partial charge in [-0.3, -0.25) is 9.59 Å². The molecule has 0 spiro atoms. The summed E-state index contributed by atoms with van der Waals surface area (Å²) in [6.07, 6.45) is 0.227. The molecule has 2 aromatic rings. The number of halogens is 1. The second-order valence-corrected chi connectivity index (χ2v) is 7.50. The molecule has 0 saturated carbocycles. The van der Waals surface area contributed by atoms with Crippen LogP contribution in [-0.2, 0) is 9.59 Å². The van der Waals surface area contributed by atoms with Crippen molar-refractivity contribution in [2.45, 2.75) is 33.1 Å². The van der Waals surface area contributed by atoms with Crippen LogP contribution < -0.4 is 10.2 Å². The van der Waals surface area contributed by atoms with Crippen LogP contribution in [0.3, 0.4) is 0 Å². The lowest BCUT2D eigenvalue weighted by molar-refractivity contribution is -0.122. The molecule has 1 heterocycles. The van der Waals surface area contributed by atoms with Gasteiger partial charge >= 0.3 is 0 Å². The Bertz CT molecular complexity index is 848. The van der Waals surface area contributed by atoms with Gasteiger partial charge in [0.2, 0.25) is 11.8 Å². The van der Waals surface area contributed by atoms with Crippen molar-refractivity contribution < 1.29 is 9.59 Å². The van der Waals surface area contributed by atoms with E-state index in [1.54, 1.807) is 17.0 Å². The second kappa shape index (κ2) is 7.50. The number of hydrogen-bond donors (Lipinski definition) is 1. The first kappa shape index (κ1) is 18.5. The summed E-state index contributed by atoms with van der Waals surface area (Å²) in [5, 5.41) is 3.57. The number of benzene rings is 2. The first-order valence-electron chi connectivity index (χ1n) is 8.83. The monoisotopic (exact) mass is 370 g/mol. The molecule has 3 rings (SSSR count). The van der Waals surface area contributed by atoms with Gasteiger partial charge in [-0.15, -0.1) is 0 Å². The lowest BCUT2D eigenvalue weighted by Crippen LogP contribution is -2.29. The summed E-state index contributed by atoms with van der Waals surface area (Å²) in [7, 11) is 0. The van der Waals surface area contributed by atoms with Crippen LogP contribution in [0.4, 0.5) is 11.4 Å². The van der Waals surface area contributed by atoms with Gasteiger partial charge in [0.15, 0.2) is 0 Å². The van der Waals surface area contributed by atoms with E-state index in [4.69, 9.17) is 11.6 Å². The maximum absolute atomic E-state index is 12.7. The molecule has 1 unspecified atom stereocenters. The average molecular weight is 371 g/mol. The number of nitrogens with one attached hydrogen (secondary N) is 1. The lowest BCUT2D eigenvalue weighted by Gasteiger charge is -2.22. The topological polar surface area (TPSA) is 49.4 Å². The van der Waals surface area contributed by atoms with Crippen LogP contribution in [0.5, 0.6) is 0 Å². The standard InChI is InChI=1S/C21H23ClN2O2/c1-13(2)17-6-4-5-7-19(17)24-12-15(11-20(24)25)21(26)23-18-9-8-16(22)10-14(18)3/h4-10,13,15H,11-12H2,1-3H3,(H,23,26). The molecule has 26 heavy (non-hydrogen) atoms. The molecule has 1 aliphatic rings. The Morgan fingerprint density at radius 2 is 1.96 bits per heavy atom. The minimum atomic E-state index is -0.363. The fourth-order valence-corrected chi connectivity index (χ4v) is 3.57. The number of carbonyl (C=O) groups is 2. The molecule has 0 aliphatic carbocycles. The van der Waals surface area contributed by atoms with Crippen molar-refractivity contribution in [3.63, 3.8) is 0 Å². The van der Waals surface area contributed by atoms with Crippen LogP contribution >= 0.6 is 11.6 Å². The van der Waals surface area contributed by atoms with Crippen LogP contribution in [0.1, 0.15) is 37.3 Å². The Kier molecular flexibility index (Phi) is 5.33. The van der Waals surface area contributed by atoms with Crippen LogP contribution in [-0.4, -0.2) is 18.4 Å². The average Bonchev–Trinajstić information content (AvgIpc) is 2.99. The number of anilines is 2. The molecule has 0 bridgehead atoms. The van der Waals surface area contributed by atoms with Gasteiger partial charge in [0.25, 0.3) is 0 Å². The fraction of sp³-hybridized carbons (Fsp3) is 0.333. The first-order chi connectivity index (χ1) is 12.4. The minimum Gasteiger partial charge on any atom is -0.326 e. The van der Waals surface area contributed by atoms with Gasteiger partial charge in [0, 0.05) is 29.4 Å². The van der Waals surface area contributed by atoms with E-state index in [0.717, 1.165) is 22.5 Å². The molecular weight excluding hydrogens is 348 g/mol. The Labute approximate surface area is 159 Å². The van der Waals surface area contributed by atoms with Crippen LogP contribution in [0.15, 0.2) is 42.5 Å². The summed E-state index contributed by atoms with van der Waals surface area (Å²) >= 11 is 5.96. The Balaban J connectivity index is 1.76. The molecule has 1 aliphatic heterocycles. The van der Waals surface area contributed by atoms with Gasteiger partial charge in [-0.1, -0.05) is 43.6 Å². The van der Waals surface area contributed by atoms with E-state index in [9.17, 15) is 9.59 Å². The molecule has 136 valence electrons. The predicted molar refractivity (Wildman–Crippen MR) is 106 cm³/mol.